The Labute approximate surface area is 112 Å². The zero-order valence-corrected chi connectivity index (χ0v) is 11.2. The first-order chi connectivity index (χ1) is 8.58. The molecule has 1 aromatic heterocycles. The van der Waals surface area contributed by atoms with Gasteiger partial charge in [0.15, 0.2) is 5.82 Å². The van der Waals surface area contributed by atoms with Gasteiger partial charge >= 0.3 is 6.55 Å². The molecule has 0 atom stereocenters. The molecule has 0 bridgehead atoms. The number of rotatable bonds is 4. The van der Waals surface area contributed by atoms with E-state index in [-0.39, 0.29) is 12.4 Å². The first-order valence-electron chi connectivity index (χ1n) is 5.26. The van der Waals surface area contributed by atoms with Crippen molar-refractivity contribution in [3.05, 3.63) is 46.5 Å². The lowest BCUT2D eigenvalue weighted by molar-refractivity contribution is 0.0632. The second kappa shape index (κ2) is 5.48. The minimum absolute atomic E-state index is 0.000991. The molecule has 0 amide bonds. The Morgan fingerprint density at radius 3 is 2.89 bits per heavy atom. The second-order valence-corrected chi connectivity index (χ2v) is 4.61. The van der Waals surface area contributed by atoms with Crippen molar-refractivity contribution >= 4 is 15.9 Å². The molecular formula is C12H11BrF2N2O. The minimum atomic E-state index is -2.60. The maximum absolute atomic E-state index is 12.6. The summed E-state index contributed by atoms with van der Waals surface area (Å²) in [6.45, 7) is -0.649. The van der Waals surface area contributed by atoms with Gasteiger partial charge in [0.25, 0.3) is 0 Å². The van der Waals surface area contributed by atoms with Crippen molar-refractivity contribution in [1.29, 1.82) is 0 Å². The third-order valence-corrected chi connectivity index (χ3v) is 3.02. The zero-order valence-electron chi connectivity index (χ0n) is 9.61. The molecule has 0 saturated carbocycles. The average molecular weight is 317 g/mol. The third-order valence-electron chi connectivity index (χ3n) is 2.40. The smallest absolute Gasteiger partial charge is 0.320 e. The van der Waals surface area contributed by atoms with E-state index in [4.69, 9.17) is 4.74 Å². The lowest BCUT2D eigenvalue weighted by Gasteiger charge is -2.10. The first kappa shape index (κ1) is 13.0. The summed E-state index contributed by atoms with van der Waals surface area (Å²) < 4.78 is 32.2. The van der Waals surface area contributed by atoms with Crippen LogP contribution in [0, 0.1) is 6.92 Å². The standard InChI is InChI=1S/C12H11BrF2N2O/c1-8-2-3-10(9(13)6-8)18-7-11-16-4-5-17(11)12(14)15/h2-6,12H,7H2,1H3. The van der Waals surface area contributed by atoms with E-state index in [0.717, 1.165) is 14.6 Å². The van der Waals surface area contributed by atoms with E-state index in [0.29, 0.717) is 5.75 Å². The number of benzene rings is 1. The Morgan fingerprint density at radius 2 is 2.22 bits per heavy atom. The van der Waals surface area contributed by atoms with Crippen molar-refractivity contribution in [2.75, 3.05) is 0 Å². The molecule has 1 aromatic carbocycles. The molecule has 0 N–H and O–H groups in total. The summed E-state index contributed by atoms with van der Waals surface area (Å²) in [7, 11) is 0. The monoisotopic (exact) mass is 316 g/mol. The van der Waals surface area contributed by atoms with Gasteiger partial charge in [-0.1, -0.05) is 6.07 Å². The van der Waals surface area contributed by atoms with Crippen LogP contribution >= 0.6 is 15.9 Å². The first-order valence-corrected chi connectivity index (χ1v) is 6.06. The molecule has 2 rings (SSSR count). The fraction of sp³-hybridized carbons (Fsp3) is 0.250. The Morgan fingerprint density at radius 1 is 1.44 bits per heavy atom. The van der Waals surface area contributed by atoms with Crippen molar-refractivity contribution < 1.29 is 13.5 Å². The Kier molecular flexibility index (Phi) is 3.96. The SMILES string of the molecule is Cc1ccc(OCc2nccn2C(F)F)c(Br)c1. The van der Waals surface area contributed by atoms with Gasteiger partial charge in [0.05, 0.1) is 4.47 Å². The molecule has 0 aliphatic rings. The van der Waals surface area contributed by atoms with E-state index < -0.39 is 6.55 Å². The van der Waals surface area contributed by atoms with Gasteiger partial charge in [-0.05, 0) is 40.5 Å². The van der Waals surface area contributed by atoms with Gasteiger partial charge in [-0.25, -0.2) is 4.98 Å². The molecule has 1 heterocycles. The zero-order chi connectivity index (χ0) is 13.1. The molecule has 0 saturated heterocycles. The van der Waals surface area contributed by atoms with E-state index in [1.54, 1.807) is 6.07 Å². The molecular weight excluding hydrogens is 306 g/mol. The molecule has 18 heavy (non-hydrogen) atoms. The lowest BCUT2D eigenvalue weighted by atomic mass is 10.2. The largest absolute Gasteiger partial charge is 0.484 e. The molecule has 3 nitrogen and oxygen atoms in total. The Balaban J connectivity index is 2.09. The number of aryl methyl sites for hydroxylation is 1. The van der Waals surface area contributed by atoms with Crippen LogP contribution in [0.25, 0.3) is 0 Å². The van der Waals surface area contributed by atoms with Crippen molar-refractivity contribution in [3.8, 4) is 5.75 Å². The molecule has 0 spiro atoms. The van der Waals surface area contributed by atoms with E-state index in [2.05, 4.69) is 20.9 Å². The van der Waals surface area contributed by atoms with Crippen LogP contribution in [0.3, 0.4) is 0 Å². The van der Waals surface area contributed by atoms with Gasteiger partial charge in [-0.3, -0.25) is 4.57 Å². The number of aromatic nitrogens is 2. The van der Waals surface area contributed by atoms with Crippen LogP contribution in [-0.4, -0.2) is 9.55 Å². The normalized spacial score (nSPS) is 10.9. The molecule has 0 radical (unpaired) electrons. The van der Waals surface area contributed by atoms with Gasteiger partial charge in [0, 0.05) is 12.4 Å². The second-order valence-electron chi connectivity index (χ2n) is 3.75. The van der Waals surface area contributed by atoms with Crippen molar-refractivity contribution in [3.63, 3.8) is 0 Å². The van der Waals surface area contributed by atoms with Gasteiger partial charge in [0.1, 0.15) is 12.4 Å². The van der Waals surface area contributed by atoms with Gasteiger partial charge in [-0.15, -0.1) is 0 Å². The van der Waals surface area contributed by atoms with Crippen LogP contribution in [-0.2, 0) is 6.61 Å². The fourth-order valence-electron chi connectivity index (χ4n) is 1.50. The molecule has 6 heteroatoms. The quantitative estimate of drug-likeness (QED) is 0.854. The van der Waals surface area contributed by atoms with E-state index in [1.165, 1.54) is 12.4 Å². The summed E-state index contributed by atoms with van der Waals surface area (Å²) in [6.07, 6.45) is 2.56. The average Bonchev–Trinajstić information content (AvgIpc) is 2.76. The molecule has 2 aromatic rings. The number of nitrogens with zero attached hydrogens (tertiary/aromatic N) is 2. The van der Waals surface area contributed by atoms with E-state index in [9.17, 15) is 8.78 Å². The predicted molar refractivity (Wildman–Crippen MR) is 66.7 cm³/mol. The molecule has 0 fully saturated rings. The van der Waals surface area contributed by atoms with E-state index in [1.807, 2.05) is 19.1 Å². The number of ether oxygens (including phenoxy) is 1. The highest BCUT2D eigenvalue weighted by molar-refractivity contribution is 9.10. The summed E-state index contributed by atoms with van der Waals surface area (Å²) >= 11 is 3.36. The summed E-state index contributed by atoms with van der Waals surface area (Å²) in [4.78, 5) is 3.84. The fourth-order valence-corrected chi connectivity index (χ4v) is 2.11. The summed E-state index contributed by atoms with van der Waals surface area (Å²) in [5.74, 6) is 0.793. The van der Waals surface area contributed by atoms with Gasteiger partial charge in [0.2, 0.25) is 0 Å². The number of hydrogen-bond acceptors (Lipinski definition) is 2. The Hall–Kier alpha value is -1.43. The number of imidazole rings is 1. The topological polar surface area (TPSA) is 27.1 Å². The van der Waals surface area contributed by atoms with Gasteiger partial charge < -0.3 is 4.74 Å². The number of halogens is 3. The molecule has 0 unspecified atom stereocenters. The summed E-state index contributed by atoms with van der Waals surface area (Å²) in [6, 6.07) is 5.57. The highest BCUT2D eigenvalue weighted by Crippen LogP contribution is 2.26. The number of hydrogen-bond donors (Lipinski definition) is 0. The van der Waals surface area contributed by atoms with Crippen molar-refractivity contribution in [2.24, 2.45) is 0 Å². The van der Waals surface area contributed by atoms with Crippen LogP contribution in [0.2, 0.25) is 0 Å². The Bertz CT molecular complexity index is 543. The summed E-state index contributed by atoms with van der Waals surface area (Å²) in [5.41, 5.74) is 1.09. The van der Waals surface area contributed by atoms with Crippen LogP contribution in [0.15, 0.2) is 35.1 Å². The molecule has 0 aliphatic heterocycles. The maximum Gasteiger partial charge on any atom is 0.320 e. The van der Waals surface area contributed by atoms with Crippen LogP contribution in [0.1, 0.15) is 17.9 Å². The van der Waals surface area contributed by atoms with Crippen LogP contribution in [0.4, 0.5) is 8.78 Å². The highest BCUT2D eigenvalue weighted by atomic mass is 79.9. The molecule has 96 valence electrons. The minimum Gasteiger partial charge on any atom is -0.484 e. The maximum atomic E-state index is 12.6. The predicted octanol–water partition coefficient (Wildman–Crippen LogP) is 3.93. The highest BCUT2D eigenvalue weighted by Gasteiger charge is 2.12. The summed E-state index contributed by atoms with van der Waals surface area (Å²) in [5, 5.41) is 0. The van der Waals surface area contributed by atoms with Crippen LogP contribution in [0.5, 0.6) is 5.75 Å². The van der Waals surface area contributed by atoms with E-state index >= 15 is 0 Å². The van der Waals surface area contributed by atoms with Gasteiger partial charge in [-0.2, -0.15) is 8.78 Å². The lowest BCUT2D eigenvalue weighted by Crippen LogP contribution is -2.07. The third kappa shape index (κ3) is 2.87. The van der Waals surface area contributed by atoms with Crippen molar-refractivity contribution in [1.82, 2.24) is 9.55 Å². The van der Waals surface area contributed by atoms with Crippen molar-refractivity contribution in [2.45, 2.75) is 20.1 Å². The molecule has 0 aliphatic carbocycles. The number of alkyl halides is 2. The van der Waals surface area contributed by atoms with Crippen LogP contribution < -0.4 is 4.74 Å².